The first-order valence-corrected chi connectivity index (χ1v) is 7.45. The van der Waals surface area contributed by atoms with Gasteiger partial charge in [0.05, 0.1) is 0 Å². The largest absolute Gasteiger partial charge is 0.383 e. The smallest absolute Gasteiger partial charge is 0.248 e. The maximum Gasteiger partial charge on any atom is 0.248 e. The van der Waals surface area contributed by atoms with Crippen molar-refractivity contribution in [1.82, 2.24) is 0 Å². The number of amides is 1. The maximum absolute atomic E-state index is 11.0. The van der Waals surface area contributed by atoms with E-state index in [0.29, 0.717) is 11.6 Å². The minimum absolute atomic E-state index is 0.407. The van der Waals surface area contributed by atoms with Gasteiger partial charge in [0.1, 0.15) is 0 Å². The highest BCUT2D eigenvalue weighted by molar-refractivity contribution is 5.93. The summed E-state index contributed by atoms with van der Waals surface area (Å²) in [5.41, 5.74) is 10.3. The van der Waals surface area contributed by atoms with Crippen LogP contribution in [-0.4, -0.2) is 11.9 Å². The van der Waals surface area contributed by atoms with Crippen LogP contribution in [0.4, 0.5) is 11.4 Å². The zero-order chi connectivity index (χ0) is 16.1. The Morgan fingerprint density at radius 1 is 1.14 bits per heavy atom. The molecular formula is C18H23N3O. The van der Waals surface area contributed by atoms with E-state index in [9.17, 15) is 4.79 Å². The summed E-state index contributed by atoms with van der Waals surface area (Å²) < 4.78 is 0. The van der Waals surface area contributed by atoms with Gasteiger partial charge in [0.15, 0.2) is 0 Å². The lowest BCUT2D eigenvalue weighted by atomic mass is 10.1. The van der Waals surface area contributed by atoms with Crippen LogP contribution in [0.1, 0.15) is 35.3 Å². The van der Waals surface area contributed by atoms with Gasteiger partial charge in [-0.1, -0.05) is 12.1 Å². The van der Waals surface area contributed by atoms with Crippen LogP contribution >= 0.6 is 0 Å². The number of aryl methyl sites for hydroxylation is 1. The van der Waals surface area contributed by atoms with Gasteiger partial charge in [0.25, 0.3) is 0 Å². The Bertz CT molecular complexity index is 648. The highest BCUT2D eigenvalue weighted by Crippen LogP contribution is 2.18. The normalized spacial score (nSPS) is 10.5. The Labute approximate surface area is 131 Å². The van der Waals surface area contributed by atoms with Gasteiger partial charge in [0, 0.05) is 29.5 Å². The van der Waals surface area contributed by atoms with Gasteiger partial charge in [-0.25, -0.2) is 0 Å². The molecule has 0 unspecified atom stereocenters. The summed E-state index contributed by atoms with van der Waals surface area (Å²) in [6.07, 6.45) is 0. The van der Waals surface area contributed by atoms with Crippen molar-refractivity contribution in [3.8, 4) is 0 Å². The Hall–Kier alpha value is -2.49. The molecule has 0 atom stereocenters. The summed E-state index contributed by atoms with van der Waals surface area (Å²) in [5, 5.41) is 6.77. The average Bonchev–Trinajstić information content (AvgIpc) is 2.47. The molecule has 0 bridgehead atoms. The van der Waals surface area contributed by atoms with Gasteiger partial charge in [-0.15, -0.1) is 0 Å². The summed E-state index contributed by atoms with van der Waals surface area (Å²) in [7, 11) is 0. The minimum atomic E-state index is -0.407. The number of benzene rings is 2. The fraction of sp³-hybridized carbons (Fsp3) is 0.278. The molecule has 0 aliphatic carbocycles. The number of rotatable bonds is 6. The second-order valence-electron chi connectivity index (χ2n) is 5.74. The number of nitrogens with two attached hydrogens (primary N) is 1. The van der Waals surface area contributed by atoms with Crippen molar-refractivity contribution < 1.29 is 4.79 Å². The molecule has 0 heterocycles. The summed E-state index contributed by atoms with van der Waals surface area (Å²) in [6.45, 7) is 7.10. The molecule has 0 aliphatic heterocycles. The fourth-order valence-electron chi connectivity index (χ4n) is 2.27. The molecule has 2 rings (SSSR count). The molecule has 0 fully saturated rings. The van der Waals surface area contributed by atoms with Gasteiger partial charge < -0.3 is 16.4 Å². The first-order valence-electron chi connectivity index (χ1n) is 7.45. The molecule has 2 aromatic rings. The number of carbonyl (C=O) groups excluding carboxylic acids is 1. The number of nitrogens with one attached hydrogen (secondary N) is 2. The third-order valence-electron chi connectivity index (χ3n) is 3.40. The predicted molar refractivity (Wildman–Crippen MR) is 92.2 cm³/mol. The molecule has 4 nitrogen and oxygen atoms in total. The van der Waals surface area contributed by atoms with Crippen molar-refractivity contribution in [3.63, 3.8) is 0 Å². The number of hydrogen-bond acceptors (Lipinski definition) is 3. The van der Waals surface area contributed by atoms with Crippen LogP contribution in [0.3, 0.4) is 0 Å². The summed E-state index contributed by atoms with van der Waals surface area (Å²) >= 11 is 0. The van der Waals surface area contributed by atoms with Gasteiger partial charge in [-0.2, -0.15) is 0 Å². The van der Waals surface area contributed by atoms with Crippen molar-refractivity contribution in [2.24, 2.45) is 5.73 Å². The number of primary amides is 1. The van der Waals surface area contributed by atoms with Crippen molar-refractivity contribution in [1.29, 1.82) is 0 Å². The van der Waals surface area contributed by atoms with E-state index in [1.165, 1.54) is 16.8 Å². The molecule has 0 aromatic heterocycles. The first kappa shape index (κ1) is 15.9. The Morgan fingerprint density at radius 3 is 2.36 bits per heavy atom. The van der Waals surface area contributed by atoms with Crippen molar-refractivity contribution in [2.45, 2.75) is 33.4 Å². The molecule has 0 aliphatic rings. The van der Waals surface area contributed by atoms with Crippen molar-refractivity contribution in [2.75, 3.05) is 10.6 Å². The zero-order valence-corrected chi connectivity index (χ0v) is 13.3. The van der Waals surface area contributed by atoms with Crippen LogP contribution in [-0.2, 0) is 6.54 Å². The maximum atomic E-state index is 11.0. The highest BCUT2D eigenvalue weighted by atomic mass is 16.1. The van der Waals surface area contributed by atoms with Gasteiger partial charge in [0.2, 0.25) is 5.91 Å². The molecule has 0 saturated carbocycles. The Morgan fingerprint density at radius 2 is 1.82 bits per heavy atom. The molecule has 2 aromatic carbocycles. The van der Waals surface area contributed by atoms with Gasteiger partial charge in [-0.3, -0.25) is 4.79 Å². The van der Waals surface area contributed by atoms with E-state index in [4.69, 9.17) is 5.73 Å². The molecule has 4 N–H and O–H groups in total. The van der Waals surface area contributed by atoms with E-state index in [1.807, 2.05) is 12.1 Å². The highest BCUT2D eigenvalue weighted by Gasteiger charge is 2.03. The Kier molecular flexibility index (Phi) is 5.04. The summed E-state index contributed by atoms with van der Waals surface area (Å²) in [5.74, 6) is -0.407. The molecule has 116 valence electrons. The first-order chi connectivity index (χ1) is 10.5. The van der Waals surface area contributed by atoms with E-state index >= 15 is 0 Å². The molecular weight excluding hydrogens is 274 g/mol. The lowest BCUT2D eigenvalue weighted by Gasteiger charge is -2.14. The van der Waals surface area contributed by atoms with E-state index in [1.54, 1.807) is 12.1 Å². The molecule has 0 radical (unpaired) electrons. The molecule has 1 amide bonds. The molecule has 4 heteroatoms. The third-order valence-corrected chi connectivity index (χ3v) is 3.40. The van der Waals surface area contributed by atoms with E-state index in [2.05, 4.69) is 49.6 Å². The fourth-order valence-corrected chi connectivity index (χ4v) is 2.27. The lowest BCUT2D eigenvalue weighted by Crippen LogP contribution is -2.11. The monoisotopic (exact) mass is 297 g/mol. The second-order valence-corrected chi connectivity index (χ2v) is 5.74. The summed E-state index contributed by atoms with van der Waals surface area (Å²) in [6, 6.07) is 14.0. The minimum Gasteiger partial charge on any atom is -0.383 e. The number of anilines is 2. The van der Waals surface area contributed by atoms with Crippen LogP contribution in [0.15, 0.2) is 42.5 Å². The zero-order valence-electron chi connectivity index (χ0n) is 13.3. The predicted octanol–water partition coefficient (Wildman–Crippen LogP) is 3.53. The van der Waals surface area contributed by atoms with Crippen LogP contribution in [0.5, 0.6) is 0 Å². The molecule has 0 spiro atoms. The van der Waals surface area contributed by atoms with Crippen LogP contribution in [0.2, 0.25) is 0 Å². The average molecular weight is 297 g/mol. The van der Waals surface area contributed by atoms with Gasteiger partial charge >= 0.3 is 0 Å². The Balaban J connectivity index is 1.99. The van der Waals surface area contributed by atoms with E-state index in [-0.39, 0.29) is 0 Å². The quantitative estimate of drug-likeness (QED) is 0.764. The number of hydrogen-bond donors (Lipinski definition) is 3. The topological polar surface area (TPSA) is 67.1 Å². The lowest BCUT2D eigenvalue weighted by molar-refractivity contribution is 0.100. The third kappa shape index (κ3) is 4.25. The SMILES string of the molecule is Cc1cc(CNc2ccc(C(N)=O)cc2)ccc1NC(C)C. The van der Waals surface area contributed by atoms with Crippen LogP contribution in [0.25, 0.3) is 0 Å². The standard InChI is InChI=1S/C18H23N3O/c1-12(2)21-17-9-4-14(10-13(17)3)11-20-16-7-5-15(6-8-16)18(19)22/h4-10,12,20-21H,11H2,1-3H3,(H2,19,22). The van der Waals surface area contributed by atoms with Crippen molar-refractivity contribution in [3.05, 3.63) is 59.2 Å². The molecule has 0 saturated heterocycles. The van der Waals surface area contributed by atoms with Crippen molar-refractivity contribution >= 4 is 17.3 Å². The van der Waals surface area contributed by atoms with Gasteiger partial charge in [-0.05, 0) is 62.2 Å². The van der Waals surface area contributed by atoms with Crippen LogP contribution < -0.4 is 16.4 Å². The van der Waals surface area contributed by atoms with E-state index < -0.39 is 5.91 Å². The summed E-state index contributed by atoms with van der Waals surface area (Å²) in [4.78, 5) is 11.0. The second kappa shape index (κ2) is 6.98. The van der Waals surface area contributed by atoms with E-state index in [0.717, 1.165) is 12.2 Å². The number of carbonyl (C=O) groups is 1. The molecule has 22 heavy (non-hydrogen) atoms. The van der Waals surface area contributed by atoms with Crippen LogP contribution in [0, 0.1) is 6.92 Å².